The van der Waals surface area contributed by atoms with Gasteiger partial charge in [-0.2, -0.15) is 18.3 Å². The minimum atomic E-state index is -4.52. The molecule has 154 valence electrons. The van der Waals surface area contributed by atoms with Crippen molar-refractivity contribution in [3.8, 4) is 0 Å². The number of fused-ring (bicyclic) bond motifs is 1. The quantitative estimate of drug-likeness (QED) is 0.674. The predicted octanol–water partition coefficient (Wildman–Crippen LogP) is 4.64. The monoisotopic (exact) mass is 404 g/mol. The molecule has 0 saturated heterocycles. The molecule has 2 aromatic heterocycles. The summed E-state index contributed by atoms with van der Waals surface area (Å²) in [6.07, 6.45) is -3.84. The molecule has 0 spiro atoms. The molecule has 1 N–H and O–H groups in total. The molecule has 0 radical (unpaired) electrons. The molecule has 3 rings (SSSR count). The molecule has 1 unspecified atom stereocenters. The van der Waals surface area contributed by atoms with Gasteiger partial charge in [0.25, 0.3) is 0 Å². The number of halogens is 3. The summed E-state index contributed by atoms with van der Waals surface area (Å²) in [5.74, 6) is -0.335. The number of alkyl halides is 3. The zero-order valence-corrected chi connectivity index (χ0v) is 16.8. The summed E-state index contributed by atoms with van der Waals surface area (Å²) in [5, 5.41) is 7.02. The fourth-order valence-electron chi connectivity index (χ4n) is 3.41. The van der Waals surface area contributed by atoms with Crippen LogP contribution in [0.15, 0.2) is 30.3 Å². The molecule has 2 heterocycles. The number of nitrogens with zero attached hydrogens (tertiary/aromatic N) is 3. The molecule has 0 aliphatic carbocycles. The second-order valence-electron chi connectivity index (χ2n) is 7.19. The van der Waals surface area contributed by atoms with E-state index in [1.165, 1.54) is 18.5 Å². The van der Waals surface area contributed by atoms with E-state index in [0.29, 0.717) is 6.42 Å². The second-order valence-corrected chi connectivity index (χ2v) is 7.19. The van der Waals surface area contributed by atoms with Crippen molar-refractivity contribution in [2.45, 2.75) is 52.9 Å². The summed E-state index contributed by atoms with van der Waals surface area (Å²) in [7, 11) is 0. The molecular formula is C21H23F3N4O. The zero-order chi connectivity index (χ0) is 21.3. The molecule has 0 aliphatic heterocycles. The number of aromatic nitrogens is 3. The van der Waals surface area contributed by atoms with Gasteiger partial charge < -0.3 is 5.32 Å². The Hall–Kier alpha value is -2.90. The van der Waals surface area contributed by atoms with Crippen LogP contribution >= 0.6 is 0 Å². The maximum Gasteiger partial charge on any atom is 0.417 e. The molecule has 1 aromatic carbocycles. The molecule has 5 nitrogen and oxygen atoms in total. The van der Waals surface area contributed by atoms with Crippen LogP contribution < -0.4 is 5.32 Å². The number of nitrogens with one attached hydrogen (secondary N) is 1. The van der Waals surface area contributed by atoms with E-state index in [0.717, 1.165) is 17.2 Å². The molecule has 3 aromatic rings. The highest BCUT2D eigenvalue weighted by Crippen LogP contribution is 2.36. The van der Waals surface area contributed by atoms with Gasteiger partial charge in [0.15, 0.2) is 5.65 Å². The highest BCUT2D eigenvalue weighted by atomic mass is 19.4. The number of pyridine rings is 1. The van der Waals surface area contributed by atoms with Gasteiger partial charge in [-0.1, -0.05) is 36.8 Å². The van der Waals surface area contributed by atoms with E-state index in [9.17, 15) is 18.0 Å². The molecule has 8 heteroatoms. The average molecular weight is 404 g/mol. The van der Waals surface area contributed by atoms with Gasteiger partial charge in [0.05, 0.1) is 22.7 Å². The van der Waals surface area contributed by atoms with Gasteiger partial charge in [0.1, 0.15) is 6.54 Å². The first-order valence-electron chi connectivity index (χ1n) is 9.38. The third kappa shape index (κ3) is 4.41. The zero-order valence-electron chi connectivity index (χ0n) is 16.8. The summed E-state index contributed by atoms with van der Waals surface area (Å²) < 4.78 is 41.6. The van der Waals surface area contributed by atoms with E-state index in [1.54, 1.807) is 0 Å². The van der Waals surface area contributed by atoms with Gasteiger partial charge in [-0.15, -0.1) is 0 Å². The number of carbonyl (C=O) groups is 1. The Morgan fingerprint density at radius 3 is 2.41 bits per heavy atom. The van der Waals surface area contributed by atoms with Gasteiger partial charge in [-0.3, -0.25) is 4.79 Å². The smallest absolute Gasteiger partial charge is 0.348 e. The number of hydrogen-bond acceptors (Lipinski definition) is 3. The van der Waals surface area contributed by atoms with Crippen molar-refractivity contribution in [1.82, 2.24) is 20.1 Å². The Balaban J connectivity index is 1.89. The molecule has 0 fully saturated rings. The number of hydrogen-bond donors (Lipinski definition) is 1. The Morgan fingerprint density at radius 2 is 1.83 bits per heavy atom. The predicted molar refractivity (Wildman–Crippen MR) is 104 cm³/mol. The van der Waals surface area contributed by atoms with Crippen molar-refractivity contribution in [3.63, 3.8) is 0 Å². The Kier molecular flexibility index (Phi) is 5.64. The minimum absolute atomic E-state index is 0.0633. The fraction of sp³-hybridized carbons (Fsp3) is 0.381. The molecular weight excluding hydrogens is 381 g/mol. The molecule has 0 bridgehead atoms. The van der Waals surface area contributed by atoms with Crippen LogP contribution in [0.5, 0.6) is 0 Å². The largest absolute Gasteiger partial charge is 0.417 e. The lowest BCUT2D eigenvalue weighted by Gasteiger charge is -2.18. The first-order chi connectivity index (χ1) is 13.6. The highest BCUT2D eigenvalue weighted by Gasteiger charge is 2.35. The van der Waals surface area contributed by atoms with E-state index >= 15 is 0 Å². The van der Waals surface area contributed by atoms with Crippen molar-refractivity contribution >= 4 is 16.9 Å². The van der Waals surface area contributed by atoms with Gasteiger partial charge in [-0.05, 0) is 38.8 Å². The van der Waals surface area contributed by atoms with Gasteiger partial charge >= 0.3 is 6.18 Å². The number of rotatable bonds is 5. The van der Waals surface area contributed by atoms with E-state index in [4.69, 9.17) is 0 Å². The van der Waals surface area contributed by atoms with Crippen LogP contribution in [0, 0.1) is 20.8 Å². The van der Waals surface area contributed by atoms with E-state index in [-0.39, 0.29) is 40.9 Å². The summed E-state index contributed by atoms with van der Waals surface area (Å²) >= 11 is 0. The third-order valence-electron chi connectivity index (χ3n) is 4.83. The lowest BCUT2D eigenvalue weighted by atomic mass is 10.0. The van der Waals surface area contributed by atoms with Crippen molar-refractivity contribution < 1.29 is 18.0 Å². The molecule has 0 aliphatic rings. The lowest BCUT2D eigenvalue weighted by molar-refractivity contribution is -0.136. The van der Waals surface area contributed by atoms with Crippen molar-refractivity contribution in [2.75, 3.05) is 0 Å². The van der Waals surface area contributed by atoms with E-state index in [1.807, 2.05) is 38.1 Å². The van der Waals surface area contributed by atoms with Crippen LogP contribution in [-0.2, 0) is 17.5 Å². The van der Waals surface area contributed by atoms with E-state index < -0.39 is 11.7 Å². The first kappa shape index (κ1) is 20.8. The van der Waals surface area contributed by atoms with Crippen LogP contribution in [-0.4, -0.2) is 20.7 Å². The number of aryl methyl sites for hydroxylation is 3. The second kappa shape index (κ2) is 7.85. The number of amides is 1. The lowest BCUT2D eigenvalue weighted by Crippen LogP contribution is -2.31. The Labute approximate surface area is 166 Å². The summed E-state index contributed by atoms with van der Waals surface area (Å²) in [4.78, 5) is 16.8. The first-order valence-corrected chi connectivity index (χ1v) is 9.38. The van der Waals surface area contributed by atoms with Crippen molar-refractivity contribution in [3.05, 3.63) is 58.4 Å². The van der Waals surface area contributed by atoms with Crippen LogP contribution in [0.4, 0.5) is 13.2 Å². The molecule has 0 saturated carbocycles. The number of benzene rings is 1. The van der Waals surface area contributed by atoms with Crippen LogP contribution in [0.3, 0.4) is 0 Å². The van der Waals surface area contributed by atoms with Crippen molar-refractivity contribution in [2.24, 2.45) is 0 Å². The van der Waals surface area contributed by atoms with Crippen LogP contribution in [0.2, 0.25) is 0 Å². The maximum atomic E-state index is 13.4. The van der Waals surface area contributed by atoms with Crippen LogP contribution in [0.25, 0.3) is 11.0 Å². The average Bonchev–Trinajstić information content (AvgIpc) is 2.94. The topological polar surface area (TPSA) is 59.8 Å². The molecule has 1 amide bonds. The summed E-state index contributed by atoms with van der Waals surface area (Å²) in [5.41, 5.74) is 1.79. The normalized spacial score (nSPS) is 12.9. The Morgan fingerprint density at radius 1 is 1.17 bits per heavy atom. The maximum absolute atomic E-state index is 13.4. The van der Waals surface area contributed by atoms with E-state index in [2.05, 4.69) is 15.4 Å². The van der Waals surface area contributed by atoms with Gasteiger partial charge in [-0.25, -0.2) is 9.67 Å². The van der Waals surface area contributed by atoms with Gasteiger partial charge in [0, 0.05) is 5.69 Å². The highest BCUT2D eigenvalue weighted by molar-refractivity contribution is 5.85. The van der Waals surface area contributed by atoms with Crippen LogP contribution in [0.1, 0.15) is 47.5 Å². The summed E-state index contributed by atoms with van der Waals surface area (Å²) in [6, 6.07) is 8.67. The summed E-state index contributed by atoms with van der Waals surface area (Å²) in [6.45, 7) is 6.72. The molecule has 29 heavy (non-hydrogen) atoms. The van der Waals surface area contributed by atoms with Gasteiger partial charge in [0.2, 0.25) is 5.91 Å². The Bertz CT molecular complexity index is 1040. The number of carbonyl (C=O) groups excluding carboxylic acids is 1. The SMILES string of the molecule is CCC(NC(=O)Cn1nc(C)c2c(C(F)(F)F)cc(C)nc21)c1ccc(C)cc1. The standard InChI is InChI=1S/C21H23F3N4O/c1-5-17(15-8-6-12(2)7-9-15)26-18(29)11-28-20-19(14(4)27-28)16(21(22,23)24)10-13(3)25-20/h6-10,17H,5,11H2,1-4H3,(H,26,29). The fourth-order valence-corrected chi connectivity index (χ4v) is 3.41. The third-order valence-corrected chi connectivity index (χ3v) is 4.83. The minimum Gasteiger partial charge on any atom is -0.348 e. The van der Waals surface area contributed by atoms with Crippen molar-refractivity contribution in [1.29, 1.82) is 0 Å². The molecule has 1 atom stereocenters.